The summed E-state index contributed by atoms with van der Waals surface area (Å²) in [6, 6.07) is 7.80. The standard InChI is InChI=1S/C15H24N2O2/c1-18-14-6-2-3-7-15(14)19-13-5-11-17-10-4-8-16-9-12-17/h2-3,6-7,16H,4-5,8-13H2,1H3. The van der Waals surface area contributed by atoms with Crippen LogP contribution in [0.3, 0.4) is 0 Å². The molecule has 1 N–H and O–H groups in total. The van der Waals surface area contributed by atoms with Gasteiger partial charge in [-0.05, 0) is 38.1 Å². The van der Waals surface area contributed by atoms with Gasteiger partial charge in [-0.25, -0.2) is 0 Å². The van der Waals surface area contributed by atoms with Gasteiger partial charge in [0.1, 0.15) is 0 Å². The highest BCUT2D eigenvalue weighted by atomic mass is 16.5. The van der Waals surface area contributed by atoms with Gasteiger partial charge in [0.25, 0.3) is 0 Å². The SMILES string of the molecule is COc1ccccc1OCCCN1CCCNCC1. The number of methoxy groups -OCH3 is 1. The average Bonchev–Trinajstić information content (AvgIpc) is 2.72. The molecule has 106 valence electrons. The fourth-order valence-electron chi connectivity index (χ4n) is 2.33. The van der Waals surface area contributed by atoms with Gasteiger partial charge in [0, 0.05) is 19.6 Å². The summed E-state index contributed by atoms with van der Waals surface area (Å²) in [7, 11) is 1.67. The molecular weight excluding hydrogens is 240 g/mol. The summed E-state index contributed by atoms with van der Waals surface area (Å²) in [4.78, 5) is 2.51. The number of para-hydroxylation sites is 2. The summed E-state index contributed by atoms with van der Waals surface area (Å²) < 4.78 is 11.0. The number of hydrogen-bond acceptors (Lipinski definition) is 4. The number of ether oxygens (including phenoxy) is 2. The molecule has 19 heavy (non-hydrogen) atoms. The van der Waals surface area contributed by atoms with Gasteiger partial charge in [-0.15, -0.1) is 0 Å². The summed E-state index contributed by atoms with van der Waals surface area (Å²) in [5.74, 6) is 1.64. The summed E-state index contributed by atoms with van der Waals surface area (Å²) in [5.41, 5.74) is 0. The first kappa shape index (κ1) is 14.2. The fraction of sp³-hybridized carbons (Fsp3) is 0.600. The van der Waals surface area contributed by atoms with Crippen LogP contribution in [0.4, 0.5) is 0 Å². The first-order valence-corrected chi connectivity index (χ1v) is 7.09. The Bertz CT molecular complexity index is 363. The lowest BCUT2D eigenvalue weighted by Crippen LogP contribution is -2.29. The van der Waals surface area contributed by atoms with Gasteiger partial charge in [0.05, 0.1) is 13.7 Å². The Hall–Kier alpha value is -1.26. The maximum absolute atomic E-state index is 5.78. The third kappa shape index (κ3) is 4.73. The Morgan fingerprint density at radius 3 is 2.84 bits per heavy atom. The lowest BCUT2D eigenvalue weighted by Gasteiger charge is -2.19. The van der Waals surface area contributed by atoms with E-state index in [1.807, 2.05) is 24.3 Å². The van der Waals surface area contributed by atoms with Gasteiger partial charge in [0.15, 0.2) is 11.5 Å². The lowest BCUT2D eigenvalue weighted by molar-refractivity contribution is 0.238. The second kappa shape index (κ2) is 8.02. The van der Waals surface area contributed by atoms with Gasteiger partial charge in [-0.2, -0.15) is 0 Å². The molecule has 2 rings (SSSR count). The van der Waals surface area contributed by atoms with Gasteiger partial charge in [0.2, 0.25) is 0 Å². The molecule has 1 saturated heterocycles. The topological polar surface area (TPSA) is 33.7 Å². The third-order valence-electron chi connectivity index (χ3n) is 3.38. The van der Waals surface area contributed by atoms with Crippen LogP contribution in [-0.2, 0) is 0 Å². The van der Waals surface area contributed by atoms with Crippen molar-refractivity contribution in [2.75, 3.05) is 46.4 Å². The normalized spacial score (nSPS) is 16.9. The Labute approximate surface area is 115 Å². The molecule has 0 aliphatic carbocycles. The minimum Gasteiger partial charge on any atom is -0.493 e. The van der Waals surface area contributed by atoms with Crippen molar-refractivity contribution in [1.29, 1.82) is 0 Å². The van der Waals surface area contributed by atoms with E-state index >= 15 is 0 Å². The van der Waals surface area contributed by atoms with Crippen molar-refractivity contribution in [3.05, 3.63) is 24.3 Å². The number of nitrogens with one attached hydrogen (secondary N) is 1. The molecule has 0 saturated carbocycles. The molecule has 1 aromatic rings. The van der Waals surface area contributed by atoms with Crippen molar-refractivity contribution in [2.45, 2.75) is 12.8 Å². The van der Waals surface area contributed by atoms with Crippen LogP contribution in [0, 0.1) is 0 Å². The minimum absolute atomic E-state index is 0.740. The Balaban J connectivity index is 1.68. The predicted octanol–water partition coefficient (Wildman–Crippen LogP) is 1.76. The van der Waals surface area contributed by atoms with Crippen LogP contribution >= 0.6 is 0 Å². The van der Waals surface area contributed by atoms with Crippen molar-refractivity contribution in [3.8, 4) is 11.5 Å². The molecule has 1 fully saturated rings. The Morgan fingerprint density at radius 1 is 1.16 bits per heavy atom. The van der Waals surface area contributed by atoms with Crippen molar-refractivity contribution >= 4 is 0 Å². The first-order chi connectivity index (χ1) is 9.40. The molecular formula is C15H24N2O2. The minimum atomic E-state index is 0.740. The molecule has 0 aromatic heterocycles. The van der Waals surface area contributed by atoms with Crippen LogP contribution in [0.2, 0.25) is 0 Å². The van der Waals surface area contributed by atoms with Crippen molar-refractivity contribution in [3.63, 3.8) is 0 Å². The summed E-state index contributed by atoms with van der Waals surface area (Å²) in [6.07, 6.45) is 2.30. The summed E-state index contributed by atoms with van der Waals surface area (Å²) in [6.45, 7) is 6.44. The molecule has 1 aliphatic rings. The van der Waals surface area contributed by atoms with Crippen LogP contribution < -0.4 is 14.8 Å². The number of nitrogens with zero attached hydrogens (tertiary/aromatic N) is 1. The zero-order valence-corrected chi connectivity index (χ0v) is 11.7. The smallest absolute Gasteiger partial charge is 0.161 e. The number of hydrogen-bond donors (Lipinski definition) is 1. The van der Waals surface area contributed by atoms with Crippen LogP contribution in [-0.4, -0.2) is 51.3 Å². The average molecular weight is 264 g/mol. The molecule has 0 amide bonds. The molecule has 4 nitrogen and oxygen atoms in total. The van der Waals surface area contributed by atoms with Crippen LogP contribution in [0.5, 0.6) is 11.5 Å². The van der Waals surface area contributed by atoms with Crippen LogP contribution in [0.1, 0.15) is 12.8 Å². The fourth-order valence-corrected chi connectivity index (χ4v) is 2.33. The van der Waals surface area contributed by atoms with E-state index in [1.165, 1.54) is 13.0 Å². The van der Waals surface area contributed by atoms with E-state index in [0.717, 1.165) is 50.7 Å². The van der Waals surface area contributed by atoms with Gasteiger partial charge >= 0.3 is 0 Å². The van der Waals surface area contributed by atoms with E-state index < -0.39 is 0 Å². The highest BCUT2D eigenvalue weighted by Gasteiger charge is 2.08. The van der Waals surface area contributed by atoms with E-state index in [-0.39, 0.29) is 0 Å². The maximum atomic E-state index is 5.78. The van der Waals surface area contributed by atoms with Gasteiger partial charge in [-0.3, -0.25) is 0 Å². The molecule has 0 bridgehead atoms. The zero-order valence-electron chi connectivity index (χ0n) is 11.7. The molecule has 0 radical (unpaired) electrons. The highest BCUT2D eigenvalue weighted by Crippen LogP contribution is 2.25. The van der Waals surface area contributed by atoms with E-state index in [1.54, 1.807) is 7.11 Å². The summed E-state index contributed by atoms with van der Waals surface area (Å²) >= 11 is 0. The van der Waals surface area contributed by atoms with Gasteiger partial charge in [-0.1, -0.05) is 12.1 Å². The van der Waals surface area contributed by atoms with Crippen LogP contribution in [0.25, 0.3) is 0 Å². The molecule has 0 spiro atoms. The van der Waals surface area contributed by atoms with E-state index in [4.69, 9.17) is 9.47 Å². The molecule has 1 heterocycles. The van der Waals surface area contributed by atoms with Crippen molar-refractivity contribution in [2.24, 2.45) is 0 Å². The molecule has 0 atom stereocenters. The van der Waals surface area contributed by atoms with Crippen molar-refractivity contribution in [1.82, 2.24) is 10.2 Å². The lowest BCUT2D eigenvalue weighted by atomic mass is 10.3. The van der Waals surface area contributed by atoms with E-state index in [2.05, 4.69) is 10.2 Å². The van der Waals surface area contributed by atoms with Crippen LogP contribution in [0.15, 0.2) is 24.3 Å². The monoisotopic (exact) mass is 264 g/mol. The summed E-state index contributed by atoms with van der Waals surface area (Å²) in [5, 5.41) is 3.42. The number of benzene rings is 1. The zero-order chi connectivity index (χ0) is 13.3. The van der Waals surface area contributed by atoms with Crippen molar-refractivity contribution < 1.29 is 9.47 Å². The molecule has 4 heteroatoms. The van der Waals surface area contributed by atoms with E-state index in [9.17, 15) is 0 Å². The predicted molar refractivity (Wildman–Crippen MR) is 77.0 cm³/mol. The molecule has 0 unspecified atom stereocenters. The first-order valence-electron chi connectivity index (χ1n) is 7.09. The number of rotatable bonds is 6. The Morgan fingerprint density at radius 2 is 2.00 bits per heavy atom. The second-order valence-corrected chi connectivity index (χ2v) is 4.80. The molecule has 1 aromatic carbocycles. The second-order valence-electron chi connectivity index (χ2n) is 4.80. The maximum Gasteiger partial charge on any atom is 0.161 e. The Kier molecular flexibility index (Phi) is 5.98. The largest absolute Gasteiger partial charge is 0.493 e. The molecule has 1 aliphatic heterocycles. The highest BCUT2D eigenvalue weighted by molar-refractivity contribution is 5.39. The van der Waals surface area contributed by atoms with E-state index in [0.29, 0.717) is 0 Å². The third-order valence-corrected chi connectivity index (χ3v) is 3.38. The van der Waals surface area contributed by atoms with Gasteiger partial charge < -0.3 is 19.7 Å². The quantitative estimate of drug-likeness (QED) is 0.794.